The van der Waals surface area contributed by atoms with Gasteiger partial charge in [-0.25, -0.2) is 0 Å². The van der Waals surface area contributed by atoms with E-state index in [2.05, 4.69) is 0 Å². The van der Waals surface area contributed by atoms with Crippen LogP contribution in [0.4, 0.5) is 0 Å². The Hall–Kier alpha value is 4.08. The van der Waals surface area contributed by atoms with Gasteiger partial charge in [-0.05, 0) is 0 Å². The molecule has 87 valence electrons. The van der Waals surface area contributed by atoms with Gasteiger partial charge in [0.05, 0.1) is 6.61 Å². The van der Waals surface area contributed by atoms with Gasteiger partial charge in [0.25, 0.3) is 0 Å². The summed E-state index contributed by atoms with van der Waals surface area (Å²) in [4.78, 5) is 0. The molecular formula is C7H14Ac3O6. The van der Waals surface area contributed by atoms with Gasteiger partial charge in [-0.1, -0.05) is 0 Å². The minimum Gasteiger partial charge on any atom is -0.394 e. The van der Waals surface area contributed by atoms with E-state index in [4.69, 9.17) is 14.6 Å². The monoisotopic (exact) mass is 877 g/mol. The summed E-state index contributed by atoms with van der Waals surface area (Å²) >= 11 is 0. The zero-order valence-corrected chi connectivity index (χ0v) is 23.2. The van der Waals surface area contributed by atoms with Crippen LogP contribution < -0.4 is 0 Å². The molecule has 5 atom stereocenters. The Morgan fingerprint density at radius 3 is 1.94 bits per heavy atom. The van der Waals surface area contributed by atoms with Gasteiger partial charge in [-0.2, -0.15) is 0 Å². The first-order valence-electron chi connectivity index (χ1n) is 3.95. The predicted octanol–water partition coefficient (Wildman–Crippen LogP) is -2.57. The molecule has 0 aliphatic carbocycles. The number of aliphatic hydroxyl groups excluding tert-OH is 4. The molecule has 1 saturated heterocycles. The fourth-order valence-electron chi connectivity index (χ4n) is 1.26. The molecule has 0 aromatic rings. The first-order chi connectivity index (χ1) is 6.11. The fourth-order valence-corrected chi connectivity index (χ4v) is 1.26. The van der Waals surface area contributed by atoms with E-state index in [1.807, 2.05) is 0 Å². The third-order valence-corrected chi connectivity index (χ3v) is 2.08. The summed E-state index contributed by atoms with van der Waals surface area (Å²) in [6, 6.07) is 0. The van der Waals surface area contributed by atoms with Crippen LogP contribution in [0.3, 0.4) is 0 Å². The largest absolute Gasteiger partial charge is 0.394 e. The van der Waals surface area contributed by atoms with Crippen LogP contribution in [0.1, 0.15) is 0 Å². The van der Waals surface area contributed by atoms with Gasteiger partial charge >= 0.3 is 0 Å². The van der Waals surface area contributed by atoms with Crippen molar-refractivity contribution in [3.63, 3.8) is 0 Å². The summed E-state index contributed by atoms with van der Waals surface area (Å²) in [5, 5.41) is 36.6. The van der Waals surface area contributed by atoms with E-state index in [1.54, 1.807) is 0 Å². The van der Waals surface area contributed by atoms with Gasteiger partial charge < -0.3 is 29.9 Å². The average molecular weight is 877 g/mol. The van der Waals surface area contributed by atoms with E-state index in [-0.39, 0.29) is 132 Å². The molecule has 0 aromatic heterocycles. The van der Waals surface area contributed by atoms with Crippen molar-refractivity contribution in [2.24, 2.45) is 0 Å². The number of aliphatic hydroxyl groups is 4. The number of hydrogen-bond donors (Lipinski definition) is 4. The molecule has 1 fully saturated rings. The Balaban J connectivity index is -0.000000563. The van der Waals surface area contributed by atoms with Crippen LogP contribution in [0.5, 0.6) is 0 Å². The molecule has 0 amide bonds. The van der Waals surface area contributed by atoms with E-state index in [1.165, 1.54) is 7.11 Å². The maximum Gasteiger partial charge on any atom is 0.186 e. The molecule has 1 rings (SSSR count). The summed E-state index contributed by atoms with van der Waals surface area (Å²) in [6.45, 7) is -0.440. The van der Waals surface area contributed by atoms with E-state index >= 15 is 0 Å². The van der Waals surface area contributed by atoms with Crippen molar-refractivity contribution >= 4 is 0 Å². The van der Waals surface area contributed by atoms with E-state index < -0.39 is 37.3 Å². The van der Waals surface area contributed by atoms with Gasteiger partial charge in [0, 0.05) is 139 Å². The van der Waals surface area contributed by atoms with Gasteiger partial charge in [0.2, 0.25) is 0 Å². The second-order valence-corrected chi connectivity index (χ2v) is 2.93. The average Bonchev–Trinajstić information content (AvgIpc) is 2.15. The second kappa shape index (κ2) is 12.8. The number of rotatable bonds is 2. The summed E-state index contributed by atoms with van der Waals surface area (Å²) < 4.78 is 9.65. The number of methoxy groups -OCH3 is 1. The van der Waals surface area contributed by atoms with Crippen LogP contribution in [-0.2, 0) is 9.47 Å². The van der Waals surface area contributed by atoms with Crippen molar-refractivity contribution in [1.29, 1.82) is 0 Å². The quantitative estimate of drug-likeness (QED) is 0.228. The molecule has 0 saturated carbocycles. The Morgan fingerprint density at radius 1 is 1.06 bits per heavy atom. The molecule has 0 bridgehead atoms. The van der Waals surface area contributed by atoms with Crippen molar-refractivity contribution < 1.29 is 162 Å². The van der Waals surface area contributed by atoms with Gasteiger partial charge in [0.15, 0.2) is 6.29 Å². The van der Waals surface area contributed by atoms with Crippen molar-refractivity contribution in [1.82, 2.24) is 0 Å². The Bertz CT molecular complexity index is 154. The summed E-state index contributed by atoms with van der Waals surface area (Å²) in [7, 11) is 1.30. The van der Waals surface area contributed by atoms with Gasteiger partial charge in [-0.15, -0.1) is 0 Å². The van der Waals surface area contributed by atoms with Crippen LogP contribution in [0.2, 0.25) is 0 Å². The SMILES string of the molecule is COC1OC(C[18OH])C(O)C(O)C1O.[Ac].[Ac].[Ac]. The number of ether oxygens (including phenoxy) is 2. The second-order valence-electron chi connectivity index (χ2n) is 2.93. The first kappa shape index (κ1) is 25.1. The third kappa shape index (κ3) is 6.69. The zero-order valence-electron chi connectivity index (χ0n) is 8.93. The van der Waals surface area contributed by atoms with Crippen LogP contribution >= 0.6 is 0 Å². The molecule has 4 N–H and O–H groups in total. The molecule has 1 heterocycles. The topological polar surface area (TPSA) is 99.4 Å². The van der Waals surface area contributed by atoms with Crippen molar-refractivity contribution in [2.75, 3.05) is 13.7 Å². The predicted molar refractivity (Wildman–Crippen MR) is 40.8 cm³/mol. The molecule has 1 aliphatic heterocycles. The minimum atomic E-state index is -1.36. The molecule has 6 nitrogen and oxygen atoms in total. The molecule has 5 unspecified atom stereocenters. The van der Waals surface area contributed by atoms with Crippen LogP contribution in [0, 0.1) is 132 Å². The maximum atomic E-state index is 9.28. The third-order valence-electron chi connectivity index (χ3n) is 2.08. The zero-order chi connectivity index (χ0) is 10.0. The van der Waals surface area contributed by atoms with E-state index in [0.29, 0.717) is 0 Å². The van der Waals surface area contributed by atoms with Gasteiger partial charge in [-0.3, -0.25) is 0 Å². The summed E-state index contributed by atoms with van der Waals surface area (Å²) in [5.74, 6) is 0. The molecule has 9 heteroatoms. The number of hydrogen-bond acceptors (Lipinski definition) is 6. The van der Waals surface area contributed by atoms with Crippen LogP contribution in [0.25, 0.3) is 0 Å². The standard InChI is InChI=1S/C7H14O6.3Ac/c1-12-7-6(11)5(10)4(9)3(2-8)13-7;;;/h3-11H,2H2,1H3;;;/i8+2;;;. The molecule has 16 heavy (non-hydrogen) atoms. The molecule has 1 aliphatic rings. The minimum absolute atomic E-state index is 0. The van der Waals surface area contributed by atoms with Crippen LogP contribution in [-0.4, -0.2) is 64.8 Å². The fraction of sp³-hybridized carbons (Fsp3) is 1.00. The van der Waals surface area contributed by atoms with Crippen molar-refractivity contribution in [2.45, 2.75) is 30.7 Å². The summed E-state index contributed by atoms with van der Waals surface area (Å²) in [6.07, 6.45) is -5.91. The molecule has 0 aromatic carbocycles. The first-order valence-corrected chi connectivity index (χ1v) is 3.95. The normalized spacial score (nSPS) is 37.7. The van der Waals surface area contributed by atoms with Crippen LogP contribution in [0.15, 0.2) is 0 Å². The van der Waals surface area contributed by atoms with E-state index in [0.717, 1.165) is 0 Å². The smallest absolute Gasteiger partial charge is 0.186 e. The Labute approximate surface area is 201 Å². The Kier molecular flexibility index (Phi) is 20.0. The van der Waals surface area contributed by atoms with Crippen molar-refractivity contribution in [3.8, 4) is 0 Å². The van der Waals surface area contributed by atoms with Gasteiger partial charge in [0.1, 0.15) is 24.4 Å². The maximum absolute atomic E-state index is 9.28. The Morgan fingerprint density at radius 2 is 1.56 bits per heavy atom. The summed E-state index contributed by atoms with van der Waals surface area (Å²) in [5.41, 5.74) is 0. The van der Waals surface area contributed by atoms with E-state index in [9.17, 15) is 15.3 Å². The molecule has 0 spiro atoms. The molecular weight excluding hydrogens is 863 g/mol. The van der Waals surface area contributed by atoms with Crippen molar-refractivity contribution in [3.05, 3.63) is 0 Å². The molecule has 3 radical (unpaired) electrons.